The van der Waals surface area contributed by atoms with E-state index in [0.717, 1.165) is 5.82 Å². The zero-order chi connectivity index (χ0) is 28.6. The summed E-state index contributed by atoms with van der Waals surface area (Å²) in [6.07, 6.45) is 2.87. The van der Waals surface area contributed by atoms with Crippen LogP contribution in [0.3, 0.4) is 0 Å². The molecule has 0 saturated heterocycles. The number of aromatic nitrogens is 2. The minimum atomic E-state index is -0.965. The number of rotatable bonds is 8. The molecule has 41 heavy (non-hydrogen) atoms. The number of carboxylic acid groups (broad SMARTS) is 1. The molecule has 10 heteroatoms. The lowest BCUT2D eigenvalue weighted by atomic mass is 10.2. The van der Waals surface area contributed by atoms with E-state index in [2.05, 4.69) is 60.4 Å². The van der Waals surface area contributed by atoms with Gasteiger partial charge < -0.3 is 20.5 Å². The lowest BCUT2D eigenvalue weighted by Gasteiger charge is -2.05. The SMILES string of the molecule is COC(=O)c1ccc(NCc2csc3ccccc23)nc1.O=C(O)c1ccc(NCc2csc3ccccc23)nc1. The quantitative estimate of drug-likeness (QED) is 0.160. The molecule has 0 bridgehead atoms. The number of anilines is 2. The largest absolute Gasteiger partial charge is 0.478 e. The van der Waals surface area contributed by atoms with Crippen LogP contribution in [0.1, 0.15) is 31.8 Å². The molecule has 0 radical (unpaired) electrons. The summed E-state index contributed by atoms with van der Waals surface area (Å²) in [5.74, 6) is 0.0639. The van der Waals surface area contributed by atoms with Gasteiger partial charge in [-0.2, -0.15) is 0 Å². The van der Waals surface area contributed by atoms with Crippen molar-refractivity contribution >= 4 is 66.4 Å². The molecule has 4 aromatic heterocycles. The molecule has 0 spiro atoms. The normalized spacial score (nSPS) is 10.6. The molecule has 0 aliphatic rings. The van der Waals surface area contributed by atoms with Crippen LogP contribution in [0.25, 0.3) is 20.2 Å². The third kappa shape index (κ3) is 6.86. The van der Waals surface area contributed by atoms with Gasteiger partial charge in [0.2, 0.25) is 0 Å². The van der Waals surface area contributed by atoms with E-state index in [0.29, 0.717) is 24.5 Å². The number of thiophene rings is 2. The number of nitrogens with one attached hydrogen (secondary N) is 2. The third-order valence-corrected chi connectivity index (χ3v) is 8.26. The average Bonchev–Trinajstić information content (AvgIpc) is 3.63. The van der Waals surface area contributed by atoms with E-state index in [9.17, 15) is 9.59 Å². The van der Waals surface area contributed by atoms with Crippen molar-refractivity contribution < 1.29 is 19.4 Å². The number of methoxy groups -OCH3 is 1. The number of benzene rings is 2. The minimum Gasteiger partial charge on any atom is -0.478 e. The van der Waals surface area contributed by atoms with Gasteiger partial charge in [0.05, 0.1) is 18.2 Å². The summed E-state index contributed by atoms with van der Waals surface area (Å²) in [4.78, 5) is 30.4. The Labute approximate surface area is 244 Å². The molecule has 6 aromatic rings. The summed E-state index contributed by atoms with van der Waals surface area (Å²) in [5, 5.41) is 22.1. The first-order valence-corrected chi connectivity index (χ1v) is 14.4. The van der Waals surface area contributed by atoms with E-state index in [1.807, 2.05) is 24.3 Å². The highest BCUT2D eigenvalue weighted by atomic mass is 32.1. The highest BCUT2D eigenvalue weighted by Gasteiger charge is 2.07. The van der Waals surface area contributed by atoms with Crippen LogP contribution in [0.2, 0.25) is 0 Å². The number of pyridine rings is 2. The standard InChI is InChI=1S/C16H14N2O2S.C15H12N2O2S/c1-20-16(19)11-6-7-15(17-8-11)18-9-12-10-21-14-5-3-2-4-13(12)14;18-15(19)10-5-6-14(16-7-10)17-8-11-9-20-13-4-2-1-3-12(11)13/h2-8,10H,9H2,1H3,(H,17,18);1-7,9H,8H2,(H,16,17)(H,18,19). The van der Waals surface area contributed by atoms with Crippen LogP contribution in [0.15, 0.2) is 96.0 Å². The Hall–Kier alpha value is -4.80. The Morgan fingerprint density at radius 1 is 0.732 bits per heavy atom. The Morgan fingerprint density at radius 3 is 1.66 bits per heavy atom. The summed E-state index contributed by atoms with van der Waals surface area (Å²) in [5.41, 5.74) is 3.10. The maximum absolute atomic E-state index is 11.3. The summed E-state index contributed by atoms with van der Waals surface area (Å²) in [6, 6.07) is 23.3. The van der Waals surface area contributed by atoms with E-state index in [1.54, 1.807) is 46.9 Å². The molecule has 4 heterocycles. The van der Waals surface area contributed by atoms with E-state index in [4.69, 9.17) is 5.11 Å². The van der Waals surface area contributed by atoms with Gasteiger partial charge in [-0.15, -0.1) is 22.7 Å². The van der Waals surface area contributed by atoms with Gasteiger partial charge in [0, 0.05) is 34.9 Å². The van der Waals surface area contributed by atoms with Crippen molar-refractivity contribution in [3.05, 3.63) is 118 Å². The molecule has 0 fully saturated rings. The van der Waals surface area contributed by atoms with Gasteiger partial charge in [0.1, 0.15) is 11.6 Å². The fraction of sp³-hybridized carbons (Fsp3) is 0.0968. The molecule has 0 aliphatic heterocycles. The van der Waals surface area contributed by atoms with Crippen molar-refractivity contribution in [1.29, 1.82) is 0 Å². The molecule has 2 aromatic carbocycles. The number of hydrogen-bond donors (Lipinski definition) is 3. The Kier molecular flexibility index (Phi) is 8.82. The molecule has 0 saturated carbocycles. The monoisotopic (exact) mass is 582 g/mol. The van der Waals surface area contributed by atoms with Gasteiger partial charge in [-0.3, -0.25) is 0 Å². The number of nitrogens with zero attached hydrogens (tertiary/aromatic N) is 2. The summed E-state index contributed by atoms with van der Waals surface area (Å²) in [6.45, 7) is 1.37. The first-order valence-electron chi connectivity index (χ1n) is 12.6. The maximum Gasteiger partial charge on any atom is 0.339 e. The van der Waals surface area contributed by atoms with Crippen LogP contribution in [-0.2, 0) is 17.8 Å². The second kappa shape index (κ2) is 13.0. The minimum absolute atomic E-state index is 0.191. The number of ether oxygens (including phenoxy) is 1. The summed E-state index contributed by atoms with van der Waals surface area (Å²) >= 11 is 3.45. The highest BCUT2D eigenvalue weighted by Crippen LogP contribution is 2.27. The molecule has 0 atom stereocenters. The first-order chi connectivity index (χ1) is 20.0. The molecule has 3 N–H and O–H groups in total. The number of esters is 1. The van der Waals surface area contributed by atoms with E-state index < -0.39 is 5.97 Å². The van der Waals surface area contributed by atoms with Crippen molar-refractivity contribution in [3.63, 3.8) is 0 Å². The molecular formula is C31H26N4O4S2. The van der Waals surface area contributed by atoms with Crippen LogP contribution in [-0.4, -0.2) is 34.1 Å². The highest BCUT2D eigenvalue weighted by molar-refractivity contribution is 7.17. The fourth-order valence-electron chi connectivity index (χ4n) is 4.07. The fourth-order valence-corrected chi connectivity index (χ4v) is 6.00. The third-order valence-electron chi connectivity index (χ3n) is 6.24. The van der Waals surface area contributed by atoms with E-state index >= 15 is 0 Å². The number of carbonyl (C=O) groups excluding carboxylic acids is 1. The lowest BCUT2D eigenvalue weighted by Crippen LogP contribution is -2.04. The molecule has 6 rings (SSSR count). The van der Waals surface area contributed by atoms with Crippen molar-refractivity contribution in [3.8, 4) is 0 Å². The molecule has 8 nitrogen and oxygen atoms in total. The Balaban J connectivity index is 0.000000165. The van der Waals surface area contributed by atoms with Crippen LogP contribution >= 0.6 is 22.7 Å². The van der Waals surface area contributed by atoms with Crippen molar-refractivity contribution in [2.75, 3.05) is 17.7 Å². The number of aromatic carboxylic acids is 1. The van der Waals surface area contributed by atoms with E-state index in [1.165, 1.54) is 50.8 Å². The number of fused-ring (bicyclic) bond motifs is 2. The second-order valence-electron chi connectivity index (χ2n) is 8.88. The molecule has 0 aliphatic carbocycles. The predicted molar refractivity (Wildman–Crippen MR) is 165 cm³/mol. The smallest absolute Gasteiger partial charge is 0.339 e. The van der Waals surface area contributed by atoms with Gasteiger partial charge in [0.25, 0.3) is 0 Å². The zero-order valence-corrected chi connectivity index (χ0v) is 23.7. The first kappa shape index (κ1) is 27.8. The van der Waals surface area contributed by atoms with Crippen molar-refractivity contribution in [1.82, 2.24) is 9.97 Å². The van der Waals surface area contributed by atoms with Crippen LogP contribution in [0.4, 0.5) is 11.6 Å². The maximum atomic E-state index is 11.3. The Bertz CT molecular complexity index is 1780. The van der Waals surface area contributed by atoms with Gasteiger partial charge in [-0.1, -0.05) is 36.4 Å². The Morgan fingerprint density at radius 2 is 1.22 bits per heavy atom. The molecule has 0 amide bonds. The molecular weight excluding hydrogens is 556 g/mol. The van der Waals surface area contributed by atoms with Gasteiger partial charge in [-0.25, -0.2) is 19.6 Å². The van der Waals surface area contributed by atoms with Crippen LogP contribution in [0.5, 0.6) is 0 Å². The second-order valence-corrected chi connectivity index (χ2v) is 10.7. The van der Waals surface area contributed by atoms with E-state index in [-0.39, 0.29) is 11.5 Å². The predicted octanol–water partition coefficient (Wildman–Crippen LogP) is 7.30. The average molecular weight is 583 g/mol. The molecule has 0 unspecified atom stereocenters. The summed E-state index contributed by atoms with van der Waals surface area (Å²) in [7, 11) is 1.36. The lowest BCUT2D eigenvalue weighted by molar-refractivity contribution is 0.0599. The van der Waals surface area contributed by atoms with Crippen molar-refractivity contribution in [2.45, 2.75) is 13.1 Å². The van der Waals surface area contributed by atoms with Crippen LogP contribution in [0, 0.1) is 0 Å². The van der Waals surface area contributed by atoms with Gasteiger partial charge in [-0.05, 0) is 69.1 Å². The molecule has 206 valence electrons. The van der Waals surface area contributed by atoms with Gasteiger partial charge >= 0.3 is 11.9 Å². The van der Waals surface area contributed by atoms with Crippen molar-refractivity contribution in [2.24, 2.45) is 0 Å². The van der Waals surface area contributed by atoms with Gasteiger partial charge in [0.15, 0.2) is 0 Å². The number of carbonyl (C=O) groups is 2. The number of hydrogen-bond acceptors (Lipinski definition) is 9. The van der Waals surface area contributed by atoms with Crippen LogP contribution < -0.4 is 10.6 Å². The zero-order valence-electron chi connectivity index (χ0n) is 22.0. The topological polar surface area (TPSA) is 113 Å². The summed E-state index contributed by atoms with van der Waals surface area (Å²) < 4.78 is 7.19. The number of carboxylic acids is 1.